The molecule has 2 nitrogen and oxygen atoms in total. The third kappa shape index (κ3) is 5.65. The fraction of sp³-hybridized carbons (Fsp3) is 0.647. The van der Waals surface area contributed by atoms with Crippen LogP contribution in [0.3, 0.4) is 0 Å². The molecule has 1 rings (SSSR count). The first-order valence-corrected chi connectivity index (χ1v) is 7.21. The first-order chi connectivity index (χ1) is 8.69. The summed E-state index contributed by atoms with van der Waals surface area (Å²) in [7, 11) is 0. The highest BCUT2D eigenvalue weighted by Gasteiger charge is 2.12. The number of rotatable bonds is 5. The molecule has 1 aromatic rings. The summed E-state index contributed by atoms with van der Waals surface area (Å²) in [5.74, 6) is 1.53. The average molecular weight is 263 g/mol. The van der Waals surface area contributed by atoms with Crippen molar-refractivity contribution in [1.82, 2.24) is 5.32 Å². The van der Waals surface area contributed by atoms with Gasteiger partial charge in [0.05, 0.1) is 0 Å². The summed E-state index contributed by atoms with van der Waals surface area (Å²) in [5, 5.41) is 3.46. The molecule has 1 aromatic carbocycles. The van der Waals surface area contributed by atoms with Crippen LogP contribution < -0.4 is 10.1 Å². The number of nitrogens with one attached hydrogen (secondary N) is 1. The lowest BCUT2D eigenvalue weighted by Gasteiger charge is -2.24. The largest absolute Gasteiger partial charge is 0.489 e. The monoisotopic (exact) mass is 263 g/mol. The van der Waals surface area contributed by atoms with Gasteiger partial charge in [-0.05, 0) is 63.8 Å². The Labute approximate surface area is 118 Å². The van der Waals surface area contributed by atoms with Crippen molar-refractivity contribution in [3.05, 3.63) is 29.3 Å². The SMILES string of the molecule is Cc1cc(OC(C)CNC(C)(C)C)ccc1C(C)C. The highest BCUT2D eigenvalue weighted by atomic mass is 16.5. The minimum Gasteiger partial charge on any atom is -0.489 e. The van der Waals surface area contributed by atoms with Gasteiger partial charge in [-0.3, -0.25) is 0 Å². The van der Waals surface area contributed by atoms with E-state index < -0.39 is 0 Å². The maximum absolute atomic E-state index is 5.96. The molecule has 0 heterocycles. The molecule has 0 aliphatic heterocycles. The molecule has 1 atom stereocenters. The molecule has 1 N–H and O–H groups in total. The van der Waals surface area contributed by atoms with Crippen molar-refractivity contribution in [3.63, 3.8) is 0 Å². The van der Waals surface area contributed by atoms with Crippen LogP contribution in [0.1, 0.15) is 58.6 Å². The van der Waals surface area contributed by atoms with E-state index in [0.29, 0.717) is 5.92 Å². The molecule has 0 spiro atoms. The van der Waals surface area contributed by atoms with Gasteiger partial charge in [0.2, 0.25) is 0 Å². The van der Waals surface area contributed by atoms with Crippen molar-refractivity contribution >= 4 is 0 Å². The zero-order chi connectivity index (χ0) is 14.6. The van der Waals surface area contributed by atoms with Crippen LogP contribution in [0.15, 0.2) is 18.2 Å². The van der Waals surface area contributed by atoms with E-state index in [9.17, 15) is 0 Å². The fourth-order valence-electron chi connectivity index (χ4n) is 2.09. The summed E-state index contributed by atoms with van der Waals surface area (Å²) in [6.07, 6.45) is 0.170. The van der Waals surface area contributed by atoms with Crippen molar-refractivity contribution in [2.45, 2.75) is 66.0 Å². The molecular formula is C17H29NO. The highest BCUT2D eigenvalue weighted by molar-refractivity contribution is 5.36. The van der Waals surface area contributed by atoms with Crippen LogP contribution >= 0.6 is 0 Å². The van der Waals surface area contributed by atoms with E-state index in [-0.39, 0.29) is 11.6 Å². The van der Waals surface area contributed by atoms with E-state index in [4.69, 9.17) is 4.74 Å². The van der Waals surface area contributed by atoms with Gasteiger partial charge in [-0.1, -0.05) is 19.9 Å². The second-order valence-corrected chi connectivity index (χ2v) is 6.73. The lowest BCUT2D eigenvalue weighted by atomic mass is 9.98. The van der Waals surface area contributed by atoms with Crippen LogP contribution in [0.5, 0.6) is 5.75 Å². The molecule has 2 heteroatoms. The van der Waals surface area contributed by atoms with Gasteiger partial charge in [-0.25, -0.2) is 0 Å². The Morgan fingerprint density at radius 2 is 1.79 bits per heavy atom. The minimum atomic E-state index is 0.134. The summed E-state index contributed by atoms with van der Waals surface area (Å²) >= 11 is 0. The summed E-state index contributed by atoms with van der Waals surface area (Å²) in [6.45, 7) is 16.1. The summed E-state index contributed by atoms with van der Waals surface area (Å²) in [5.41, 5.74) is 2.84. The maximum atomic E-state index is 5.96. The lowest BCUT2D eigenvalue weighted by molar-refractivity contribution is 0.203. The second-order valence-electron chi connectivity index (χ2n) is 6.73. The standard InChI is InChI=1S/C17H29NO/c1-12(2)16-9-8-15(10-13(16)3)19-14(4)11-18-17(5,6)7/h8-10,12,14,18H,11H2,1-7H3. The van der Waals surface area contributed by atoms with E-state index in [1.807, 2.05) is 0 Å². The molecule has 0 saturated carbocycles. The average Bonchev–Trinajstić information content (AvgIpc) is 2.25. The topological polar surface area (TPSA) is 21.3 Å². The van der Waals surface area contributed by atoms with Crippen molar-refractivity contribution in [2.75, 3.05) is 6.54 Å². The van der Waals surface area contributed by atoms with Crippen LogP contribution in [0.25, 0.3) is 0 Å². The van der Waals surface area contributed by atoms with Crippen LogP contribution in [0, 0.1) is 6.92 Å². The Bertz CT molecular complexity index is 404. The molecule has 0 fully saturated rings. The third-order valence-corrected chi connectivity index (χ3v) is 3.12. The van der Waals surface area contributed by atoms with Crippen LogP contribution in [0.2, 0.25) is 0 Å². The molecule has 0 aliphatic rings. The summed E-state index contributed by atoms with van der Waals surface area (Å²) in [4.78, 5) is 0. The number of aryl methyl sites for hydroxylation is 1. The van der Waals surface area contributed by atoms with Gasteiger partial charge in [-0.2, -0.15) is 0 Å². The first kappa shape index (κ1) is 16.0. The molecule has 108 valence electrons. The Kier molecular flexibility index (Phi) is 5.42. The van der Waals surface area contributed by atoms with Crippen LogP contribution in [0.4, 0.5) is 0 Å². The fourth-order valence-corrected chi connectivity index (χ4v) is 2.09. The molecule has 0 aromatic heterocycles. The second kappa shape index (κ2) is 6.42. The molecular weight excluding hydrogens is 234 g/mol. The zero-order valence-electron chi connectivity index (χ0n) is 13.5. The van der Waals surface area contributed by atoms with Crippen LogP contribution in [-0.4, -0.2) is 18.2 Å². The maximum Gasteiger partial charge on any atom is 0.120 e. The van der Waals surface area contributed by atoms with E-state index in [1.165, 1.54) is 11.1 Å². The van der Waals surface area contributed by atoms with Crippen LogP contribution in [-0.2, 0) is 0 Å². The van der Waals surface area contributed by atoms with Crippen molar-refractivity contribution in [2.24, 2.45) is 0 Å². The van der Waals surface area contributed by atoms with Gasteiger partial charge in [0.15, 0.2) is 0 Å². The van der Waals surface area contributed by atoms with E-state index in [0.717, 1.165) is 12.3 Å². The highest BCUT2D eigenvalue weighted by Crippen LogP contribution is 2.24. The quantitative estimate of drug-likeness (QED) is 0.856. The number of hydrogen-bond donors (Lipinski definition) is 1. The molecule has 0 aliphatic carbocycles. The Morgan fingerprint density at radius 1 is 1.16 bits per heavy atom. The molecule has 0 radical (unpaired) electrons. The van der Waals surface area contributed by atoms with Crippen molar-refractivity contribution in [3.8, 4) is 5.75 Å². The van der Waals surface area contributed by atoms with Gasteiger partial charge in [-0.15, -0.1) is 0 Å². The smallest absolute Gasteiger partial charge is 0.120 e. The van der Waals surface area contributed by atoms with E-state index >= 15 is 0 Å². The van der Waals surface area contributed by atoms with Gasteiger partial charge in [0.1, 0.15) is 11.9 Å². The summed E-state index contributed by atoms with van der Waals surface area (Å²) < 4.78 is 5.96. The molecule has 19 heavy (non-hydrogen) atoms. The van der Waals surface area contributed by atoms with E-state index in [1.54, 1.807) is 0 Å². The first-order valence-electron chi connectivity index (χ1n) is 7.21. The Balaban J connectivity index is 2.60. The number of benzene rings is 1. The number of hydrogen-bond acceptors (Lipinski definition) is 2. The molecule has 0 saturated heterocycles. The Hall–Kier alpha value is -1.02. The van der Waals surface area contributed by atoms with Gasteiger partial charge >= 0.3 is 0 Å². The van der Waals surface area contributed by atoms with Crippen molar-refractivity contribution < 1.29 is 4.74 Å². The Morgan fingerprint density at radius 3 is 2.26 bits per heavy atom. The molecule has 1 unspecified atom stereocenters. The van der Waals surface area contributed by atoms with Gasteiger partial charge in [0, 0.05) is 12.1 Å². The molecule has 0 bridgehead atoms. The zero-order valence-corrected chi connectivity index (χ0v) is 13.5. The van der Waals surface area contributed by atoms with Gasteiger partial charge in [0.25, 0.3) is 0 Å². The van der Waals surface area contributed by atoms with Gasteiger partial charge < -0.3 is 10.1 Å². The normalized spacial score (nSPS) is 13.7. The predicted molar refractivity (Wildman–Crippen MR) is 83.1 cm³/mol. The van der Waals surface area contributed by atoms with Crippen molar-refractivity contribution in [1.29, 1.82) is 0 Å². The molecule has 0 amide bonds. The minimum absolute atomic E-state index is 0.134. The number of ether oxygens (including phenoxy) is 1. The third-order valence-electron chi connectivity index (χ3n) is 3.12. The summed E-state index contributed by atoms with van der Waals surface area (Å²) in [6, 6.07) is 6.40. The van der Waals surface area contributed by atoms with E-state index in [2.05, 4.69) is 72.0 Å². The lowest BCUT2D eigenvalue weighted by Crippen LogP contribution is -2.41. The predicted octanol–water partition coefficient (Wildman–Crippen LogP) is 4.27.